The van der Waals surface area contributed by atoms with Gasteiger partial charge in [-0.2, -0.15) is 0 Å². The predicted molar refractivity (Wildman–Crippen MR) is 70.8 cm³/mol. The molecule has 2 rings (SSSR count). The lowest BCUT2D eigenvalue weighted by molar-refractivity contribution is 0.345. The number of benzene rings is 1. The molecule has 0 radical (unpaired) electrons. The van der Waals surface area contributed by atoms with Crippen LogP contribution in [0, 0.1) is 18.7 Å². The van der Waals surface area contributed by atoms with Gasteiger partial charge < -0.3 is 5.32 Å². The second kappa shape index (κ2) is 6.04. The highest BCUT2D eigenvalue weighted by atomic mass is 19.1. The molecule has 0 unspecified atom stereocenters. The van der Waals surface area contributed by atoms with Crippen molar-refractivity contribution in [2.75, 3.05) is 11.9 Å². The molecule has 0 aliphatic heterocycles. The van der Waals surface area contributed by atoms with E-state index in [1.165, 1.54) is 38.5 Å². The number of halogens is 1. The molecule has 1 fully saturated rings. The van der Waals surface area contributed by atoms with Gasteiger partial charge in [0.05, 0.1) is 0 Å². The van der Waals surface area contributed by atoms with Gasteiger partial charge in [-0.3, -0.25) is 0 Å². The van der Waals surface area contributed by atoms with Crippen LogP contribution in [0.4, 0.5) is 10.1 Å². The molecule has 1 N–H and O–H groups in total. The minimum atomic E-state index is -0.118. The smallest absolute Gasteiger partial charge is 0.128 e. The van der Waals surface area contributed by atoms with E-state index in [1.54, 1.807) is 13.0 Å². The Bertz CT molecular complexity index is 356. The van der Waals surface area contributed by atoms with Crippen molar-refractivity contribution in [3.8, 4) is 0 Å². The molecular weight excluding hydrogens is 213 g/mol. The maximum Gasteiger partial charge on any atom is 0.128 e. The average molecular weight is 235 g/mol. The van der Waals surface area contributed by atoms with Crippen molar-refractivity contribution in [2.24, 2.45) is 5.92 Å². The zero-order chi connectivity index (χ0) is 12.1. The molecule has 0 amide bonds. The van der Waals surface area contributed by atoms with Crippen LogP contribution in [0.5, 0.6) is 0 Å². The number of anilines is 1. The van der Waals surface area contributed by atoms with E-state index in [0.717, 1.165) is 18.2 Å². The Kier molecular flexibility index (Phi) is 4.41. The normalized spacial score (nSPS) is 17.1. The first kappa shape index (κ1) is 12.4. The maximum absolute atomic E-state index is 13.3. The summed E-state index contributed by atoms with van der Waals surface area (Å²) in [5, 5.41) is 3.32. The molecule has 1 aromatic carbocycles. The molecule has 2 heteroatoms. The quantitative estimate of drug-likeness (QED) is 0.809. The lowest BCUT2D eigenvalue weighted by Crippen LogP contribution is -2.12. The first-order chi connectivity index (χ1) is 8.25. The van der Waals surface area contributed by atoms with Gasteiger partial charge in [-0.15, -0.1) is 0 Å². The summed E-state index contributed by atoms with van der Waals surface area (Å²) in [6.07, 6.45) is 8.17. The van der Waals surface area contributed by atoms with Gasteiger partial charge in [0.2, 0.25) is 0 Å². The van der Waals surface area contributed by atoms with Gasteiger partial charge in [0.1, 0.15) is 5.82 Å². The van der Waals surface area contributed by atoms with Crippen molar-refractivity contribution in [1.82, 2.24) is 0 Å². The van der Waals surface area contributed by atoms with Crippen molar-refractivity contribution in [2.45, 2.75) is 45.4 Å². The lowest BCUT2D eigenvalue weighted by atomic mass is 9.87. The fourth-order valence-electron chi connectivity index (χ4n) is 2.60. The van der Waals surface area contributed by atoms with Gasteiger partial charge in [-0.1, -0.05) is 38.2 Å². The zero-order valence-corrected chi connectivity index (χ0v) is 10.6. The Morgan fingerprint density at radius 3 is 2.71 bits per heavy atom. The summed E-state index contributed by atoms with van der Waals surface area (Å²) in [5.41, 5.74) is 1.62. The molecule has 1 saturated carbocycles. The Labute approximate surface area is 103 Å². The number of hydrogen-bond donors (Lipinski definition) is 1. The van der Waals surface area contributed by atoms with Gasteiger partial charge in [0.25, 0.3) is 0 Å². The Hall–Kier alpha value is -1.05. The van der Waals surface area contributed by atoms with Crippen molar-refractivity contribution in [3.63, 3.8) is 0 Å². The molecule has 17 heavy (non-hydrogen) atoms. The zero-order valence-electron chi connectivity index (χ0n) is 10.6. The fourth-order valence-corrected chi connectivity index (χ4v) is 2.60. The summed E-state index contributed by atoms with van der Waals surface area (Å²) >= 11 is 0. The molecule has 0 heterocycles. The van der Waals surface area contributed by atoms with Gasteiger partial charge in [0, 0.05) is 12.2 Å². The number of nitrogens with one attached hydrogen (secondary N) is 1. The van der Waals surface area contributed by atoms with Crippen LogP contribution in [0.2, 0.25) is 0 Å². The Morgan fingerprint density at radius 1 is 1.24 bits per heavy atom. The predicted octanol–water partition coefficient (Wildman–Crippen LogP) is 4.52. The summed E-state index contributed by atoms with van der Waals surface area (Å²) in [5.74, 6) is 0.763. The highest BCUT2D eigenvalue weighted by Crippen LogP contribution is 2.26. The SMILES string of the molecule is Cc1ccc(NCCC2CCCCC2)cc1F. The second-order valence-corrected chi connectivity index (χ2v) is 5.18. The van der Waals surface area contributed by atoms with E-state index >= 15 is 0 Å². The van der Waals surface area contributed by atoms with E-state index in [2.05, 4.69) is 5.32 Å². The van der Waals surface area contributed by atoms with Crippen LogP contribution < -0.4 is 5.32 Å². The third-order valence-electron chi connectivity index (χ3n) is 3.78. The first-order valence-electron chi connectivity index (χ1n) is 6.76. The van der Waals surface area contributed by atoms with E-state index in [0.29, 0.717) is 5.56 Å². The third-order valence-corrected chi connectivity index (χ3v) is 3.78. The first-order valence-corrected chi connectivity index (χ1v) is 6.76. The van der Waals surface area contributed by atoms with E-state index in [4.69, 9.17) is 0 Å². The highest BCUT2D eigenvalue weighted by Gasteiger charge is 2.12. The van der Waals surface area contributed by atoms with Crippen molar-refractivity contribution in [3.05, 3.63) is 29.6 Å². The third kappa shape index (κ3) is 3.72. The largest absolute Gasteiger partial charge is 0.385 e. The van der Waals surface area contributed by atoms with E-state index in [9.17, 15) is 4.39 Å². The van der Waals surface area contributed by atoms with Crippen LogP contribution >= 0.6 is 0 Å². The van der Waals surface area contributed by atoms with Gasteiger partial charge in [-0.25, -0.2) is 4.39 Å². The lowest BCUT2D eigenvalue weighted by Gasteiger charge is -2.21. The standard InChI is InChI=1S/C15H22FN/c1-12-7-8-14(11-15(12)16)17-10-9-13-5-3-2-4-6-13/h7-8,11,13,17H,2-6,9-10H2,1H3. The molecule has 1 nitrogen and oxygen atoms in total. The molecule has 0 aromatic heterocycles. The number of hydrogen-bond acceptors (Lipinski definition) is 1. The molecule has 1 aromatic rings. The summed E-state index contributed by atoms with van der Waals surface area (Å²) in [4.78, 5) is 0. The van der Waals surface area contributed by atoms with E-state index in [1.807, 2.05) is 12.1 Å². The van der Waals surface area contributed by atoms with Crippen LogP contribution in [0.3, 0.4) is 0 Å². The van der Waals surface area contributed by atoms with Gasteiger partial charge >= 0.3 is 0 Å². The van der Waals surface area contributed by atoms with Gasteiger partial charge in [0.15, 0.2) is 0 Å². The number of rotatable bonds is 4. The molecule has 0 spiro atoms. The van der Waals surface area contributed by atoms with Crippen molar-refractivity contribution >= 4 is 5.69 Å². The van der Waals surface area contributed by atoms with Crippen LogP contribution in [-0.4, -0.2) is 6.54 Å². The van der Waals surface area contributed by atoms with Crippen LogP contribution in [0.25, 0.3) is 0 Å². The second-order valence-electron chi connectivity index (χ2n) is 5.18. The minimum absolute atomic E-state index is 0.118. The van der Waals surface area contributed by atoms with Crippen molar-refractivity contribution < 1.29 is 4.39 Å². The number of aryl methyl sites for hydroxylation is 1. The van der Waals surface area contributed by atoms with Crippen LogP contribution in [0.15, 0.2) is 18.2 Å². The van der Waals surface area contributed by atoms with Gasteiger partial charge in [-0.05, 0) is 37.0 Å². The molecular formula is C15H22FN. The molecule has 0 saturated heterocycles. The average Bonchev–Trinajstić information content (AvgIpc) is 2.35. The summed E-state index contributed by atoms with van der Waals surface area (Å²) in [6, 6.07) is 5.38. The maximum atomic E-state index is 13.3. The molecule has 1 aliphatic rings. The molecule has 0 bridgehead atoms. The highest BCUT2D eigenvalue weighted by molar-refractivity contribution is 5.44. The van der Waals surface area contributed by atoms with E-state index in [-0.39, 0.29) is 5.82 Å². The van der Waals surface area contributed by atoms with Crippen LogP contribution in [0.1, 0.15) is 44.1 Å². The molecule has 94 valence electrons. The summed E-state index contributed by atoms with van der Waals surface area (Å²) in [6.45, 7) is 2.76. The van der Waals surface area contributed by atoms with Crippen LogP contribution in [-0.2, 0) is 0 Å². The Morgan fingerprint density at radius 2 is 2.00 bits per heavy atom. The molecule has 1 aliphatic carbocycles. The Balaban J connectivity index is 1.75. The summed E-state index contributed by atoms with van der Waals surface area (Å²) in [7, 11) is 0. The minimum Gasteiger partial charge on any atom is -0.385 e. The topological polar surface area (TPSA) is 12.0 Å². The fraction of sp³-hybridized carbons (Fsp3) is 0.600. The molecule has 0 atom stereocenters. The monoisotopic (exact) mass is 235 g/mol. The summed E-state index contributed by atoms with van der Waals surface area (Å²) < 4.78 is 13.3. The van der Waals surface area contributed by atoms with E-state index < -0.39 is 0 Å². The van der Waals surface area contributed by atoms with Crippen molar-refractivity contribution in [1.29, 1.82) is 0 Å².